The van der Waals surface area contributed by atoms with Crippen LogP contribution >= 0.6 is 0 Å². The zero-order valence-corrected chi connectivity index (χ0v) is 10.3. The molecule has 4 N–H and O–H groups in total. The molecule has 0 saturated carbocycles. The third-order valence-corrected chi connectivity index (χ3v) is 2.30. The number of carbonyl (C=O) groups excluding carboxylic acids is 1. The fraction of sp³-hybridized carbons (Fsp3) is 0.182. The first-order chi connectivity index (χ1) is 9.19. The van der Waals surface area contributed by atoms with Gasteiger partial charge in [0.2, 0.25) is 0 Å². The average Bonchev–Trinajstić information content (AvgIpc) is 2.46. The Hall–Kier alpha value is -2.61. The zero-order chi connectivity index (χ0) is 13.7. The molecular formula is C11H13N7O. The van der Waals surface area contributed by atoms with E-state index in [1.807, 2.05) is 6.92 Å². The number of aromatic nitrogens is 4. The van der Waals surface area contributed by atoms with Crippen LogP contribution in [0.15, 0.2) is 24.8 Å². The quantitative estimate of drug-likeness (QED) is 0.513. The van der Waals surface area contributed by atoms with E-state index in [9.17, 15) is 4.79 Å². The molecule has 19 heavy (non-hydrogen) atoms. The van der Waals surface area contributed by atoms with Crippen molar-refractivity contribution in [2.75, 3.05) is 5.43 Å². The van der Waals surface area contributed by atoms with Crippen LogP contribution in [0.2, 0.25) is 0 Å². The molecule has 0 fully saturated rings. The number of hydrazine groups is 1. The predicted octanol–water partition coefficient (Wildman–Crippen LogP) is -0.209. The average molecular weight is 259 g/mol. The van der Waals surface area contributed by atoms with E-state index in [2.05, 4.69) is 30.7 Å². The van der Waals surface area contributed by atoms with Crippen LogP contribution in [0.4, 0.5) is 5.82 Å². The van der Waals surface area contributed by atoms with Crippen molar-refractivity contribution < 1.29 is 4.79 Å². The van der Waals surface area contributed by atoms with Gasteiger partial charge in [-0.15, -0.1) is 0 Å². The summed E-state index contributed by atoms with van der Waals surface area (Å²) in [5, 5.41) is 2.68. The van der Waals surface area contributed by atoms with E-state index in [-0.39, 0.29) is 18.1 Å². The Kier molecular flexibility index (Phi) is 3.94. The Bertz CT molecular complexity index is 552. The summed E-state index contributed by atoms with van der Waals surface area (Å²) in [4.78, 5) is 27.8. The standard InChI is InChI=1S/C11H13N7O/c1-7-2-14-8(3-13-7)4-17-11(19)9-5-16-10(18-12)6-15-9/h2-3,5-6H,4,12H2,1H3,(H,16,18)(H,17,19). The summed E-state index contributed by atoms with van der Waals surface area (Å²) in [5.41, 5.74) is 4.04. The molecule has 0 spiro atoms. The smallest absolute Gasteiger partial charge is 0.271 e. The third-order valence-electron chi connectivity index (χ3n) is 2.30. The molecule has 0 aliphatic rings. The van der Waals surface area contributed by atoms with Gasteiger partial charge < -0.3 is 10.7 Å². The summed E-state index contributed by atoms with van der Waals surface area (Å²) in [6.07, 6.45) is 5.97. The number of nitrogen functional groups attached to an aromatic ring is 1. The van der Waals surface area contributed by atoms with Gasteiger partial charge in [0.1, 0.15) is 5.69 Å². The van der Waals surface area contributed by atoms with Gasteiger partial charge in [0.25, 0.3) is 5.91 Å². The summed E-state index contributed by atoms with van der Waals surface area (Å²) >= 11 is 0. The molecule has 0 saturated heterocycles. The molecule has 0 aromatic carbocycles. The number of rotatable bonds is 4. The normalized spacial score (nSPS) is 10.0. The monoisotopic (exact) mass is 259 g/mol. The van der Waals surface area contributed by atoms with Crippen molar-refractivity contribution in [3.63, 3.8) is 0 Å². The van der Waals surface area contributed by atoms with E-state index in [0.29, 0.717) is 11.5 Å². The van der Waals surface area contributed by atoms with Crippen molar-refractivity contribution in [2.24, 2.45) is 5.84 Å². The number of aryl methyl sites for hydroxylation is 1. The lowest BCUT2D eigenvalue weighted by Gasteiger charge is -2.04. The lowest BCUT2D eigenvalue weighted by atomic mass is 10.3. The number of nitrogens with two attached hydrogens (primary N) is 1. The number of carbonyl (C=O) groups is 1. The highest BCUT2D eigenvalue weighted by atomic mass is 16.1. The number of hydrogen-bond acceptors (Lipinski definition) is 7. The molecule has 2 aromatic rings. The Balaban J connectivity index is 1.95. The number of nitrogens with zero attached hydrogens (tertiary/aromatic N) is 4. The van der Waals surface area contributed by atoms with Crippen molar-refractivity contribution in [2.45, 2.75) is 13.5 Å². The van der Waals surface area contributed by atoms with Crippen LogP contribution < -0.4 is 16.6 Å². The van der Waals surface area contributed by atoms with E-state index in [1.54, 1.807) is 12.4 Å². The minimum atomic E-state index is -0.335. The summed E-state index contributed by atoms with van der Waals surface area (Å²) in [7, 11) is 0. The van der Waals surface area contributed by atoms with Crippen molar-refractivity contribution in [3.05, 3.63) is 41.9 Å². The maximum Gasteiger partial charge on any atom is 0.271 e. The van der Waals surface area contributed by atoms with Gasteiger partial charge in [-0.2, -0.15) is 0 Å². The van der Waals surface area contributed by atoms with Crippen molar-refractivity contribution in [1.82, 2.24) is 25.3 Å². The van der Waals surface area contributed by atoms with Crippen LogP contribution in [0.25, 0.3) is 0 Å². The van der Waals surface area contributed by atoms with E-state index in [0.717, 1.165) is 5.69 Å². The fourth-order valence-corrected chi connectivity index (χ4v) is 1.29. The van der Waals surface area contributed by atoms with Crippen molar-refractivity contribution in [1.29, 1.82) is 0 Å². The van der Waals surface area contributed by atoms with E-state index in [4.69, 9.17) is 5.84 Å². The molecule has 0 aliphatic carbocycles. The number of nitrogens with one attached hydrogen (secondary N) is 2. The van der Waals surface area contributed by atoms with Gasteiger partial charge in [-0.05, 0) is 6.92 Å². The molecule has 2 aromatic heterocycles. The van der Waals surface area contributed by atoms with Gasteiger partial charge in [0.15, 0.2) is 5.82 Å². The summed E-state index contributed by atoms with van der Waals surface area (Å²) < 4.78 is 0. The highest BCUT2D eigenvalue weighted by Crippen LogP contribution is 1.99. The van der Waals surface area contributed by atoms with Gasteiger partial charge in [-0.1, -0.05) is 0 Å². The van der Waals surface area contributed by atoms with E-state index in [1.165, 1.54) is 12.4 Å². The number of anilines is 1. The first-order valence-corrected chi connectivity index (χ1v) is 5.53. The highest BCUT2D eigenvalue weighted by Gasteiger charge is 2.07. The largest absolute Gasteiger partial charge is 0.345 e. The maximum absolute atomic E-state index is 11.8. The molecule has 1 amide bonds. The van der Waals surface area contributed by atoms with Crippen LogP contribution in [-0.2, 0) is 6.54 Å². The van der Waals surface area contributed by atoms with Crippen LogP contribution in [0.5, 0.6) is 0 Å². The topological polar surface area (TPSA) is 119 Å². The molecule has 2 heterocycles. The minimum absolute atomic E-state index is 0.207. The van der Waals surface area contributed by atoms with Gasteiger partial charge in [-0.3, -0.25) is 14.8 Å². The third kappa shape index (κ3) is 3.42. The van der Waals surface area contributed by atoms with Crippen LogP contribution in [-0.4, -0.2) is 25.8 Å². The molecule has 8 heteroatoms. The van der Waals surface area contributed by atoms with Crippen molar-refractivity contribution >= 4 is 11.7 Å². The number of hydrogen-bond donors (Lipinski definition) is 3. The SMILES string of the molecule is Cc1cnc(CNC(=O)c2cnc(NN)cn2)cn1. The zero-order valence-electron chi connectivity index (χ0n) is 10.3. The maximum atomic E-state index is 11.8. The molecule has 8 nitrogen and oxygen atoms in total. The Morgan fingerprint density at radius 1 is 1.16 bits per heavy atom. The Morgan fingerprint density at radius 2 is 2.00 bits per heavy atom. The first kappa shape index (κ1) is 12.8. The fourth-order valence-electron chi connectivity index (χ4n) is 1.29. The molecule has 0 aliphatic heterocycles. The van der Waals surface area contributed by atoms with Gasteiger partial charge in [0, 0.05) is 6.20 Å². The Labute approximate surface area is 109 Å². The highest BCUT2D eigenvalue weighted by molar-refractivity contribution is 5.91. The number of amides is 1. The molecule has 2 rings (SSSR count). The van der Waals surface area contributed by atoms with Gasteiger partial charge in [-0.25, -0.2) is 15.8 Å². The minimum Gasteiger partial charge on any atom is -0.345 e. The molecule has 0 unspecified atom stereocenters. The Morgan fingerprint density at radius 3 is 2.58 bits per heavy atom. The lowest BCUT2D eigenvalue weighted by molar-refractivity contribution is 0.0945. The van der Waals surface area contributed by atoms with Crippen LogP contribution in [0, 0.1) is 6.92 Å². The predicted molar refractivity (Wildman–Crippen MR) is 67.8 cm³/mol. The molecule has 0 atom stereocenters. The first-order valence-electron chi connectivity index (χ1n) is 5.53. The van der Waals surface area contributed by atoms with E-state index < -0.39 is 0 Å². The molecule has 0 radical (unpaired) electrons. The van der Waals surface area contributed by atoms with Crippen LogP contribution in [0.1, 0.15) is 21.9 Å². The van der Waals surface area contributed by atoms with Crippen LogP contribution in [0.3, 0.4) is 0 Å². The lowest BCUT2D eigenvalue weighted by Crippen LogP contribution is -2.24. The summed E-state index contributed by atoms with van der Waals surface area (Å²) in [6.45, 7) is 2.13. The molecular weight excluding hydrogens is 246 g/mol. The second-order valence-electron chi connectivity index (χ2n) is 3.76. The van der Waals surface area contributed by atoms with E-state index >= 15 is 0 Å². The second kappa shape index (κ2) is 5.83. The summed E-state index contributed by atoms with van der Waals surface area (Å²) in [6, 6.07) is 0. The van der Waals surface area contributed by atoms with Crippen molar-refractivity contribution in [3.8, 4) is 0 Å². The molecule has 98 valence electrons. The summed E-state index contributed by atoms with van der Waals surface area (Å²) in [5.74, 6) is 5.21. The molecule has 0 bridgehead atoms. The van der Waals surface area contributed by atoms with Gasteiger partial charge in [0.05, 0.1) is 36.5 Å². The second-order valence-corrected chi connectivity index (χ2v) is 3.76. The van der Waals surface area contributed by atoms with Gasteiger partial charge >= 0.3 is 0 Å².